The molecule has 1 amide bonds. The van der Waals surface area contributed by atoms with Crippen molar-refractivity contribution in [1.82, 2.24) is 24.9 Å². The molecule has 1 aliphatic rings. The first kappa shape index (κ1) is 20.1. The number of nitrogens with zero attached hydrogens (tertiary/aromatic N) is 5. The summed E-state index contributed by atoms with van der Waals surface area (Å²) < 4.78 is 7.10. The van der Waals surface area contributed by atoms with Crippen LogP contribution in [0.4, 0.5) is 5.82 Å². The second-order valence-electron chi connectivity index (χ2n) is 7.96. The fourth-order valence-corrected chi connectivity index (χ4v) is 4.06. The van der Waals surface area contributed by atoms with Crippen LogP contribution in [0, 0.1) is 0 Å². The maximum Gasteiger partial charge on any atom is 0.227 e. The van der Waals surface area contributed by atoms with Gasteiger partial charge in [-0.3, -0.25) is 9.78 Å². The minimum Gasteiger partial charge on any atom is -0.339 e. The van der Waals surface area contributed by atoms with Crippen LogP contribution >= 0.6 is 0 Å². The summed E-state index contributed by atoms with van der Waals surface area (Å²) >= 11 is 0. The molecule has 1 aromatic carbocycles. The molecule has 0 unspecified atom stereocenters. The third-order valence-electron chi connectivity index (χ3n) is 5.70. The first-order chi connectivity index (χ1) is 15.8. The maximum absolute atomic E-state index is 12.7. The van der Waals surface area contributed by atoms with E-state index in [0.29, 0.717) is 35.6 Å². The predicted molar refractivity (Wildman–Crippen MR) is 119 cm³/mol. The van der Waals surface area contributed by atoms with Gasteiger partial charge in [0.2, 0.25) is 17.6 Å². The van der Waals surface area contributed by atoms with Gasteiger partial charge in [-0.1, -0.05) is 42.3 Å². The minimum atomic E-state index is -0.127. The summed E-state index contributed by atoms with van der Waals surface area (Å²) in [5, 5.41) is 11.8. The van der Waals surface area contributed by atoms with Gasteiger partial charge in [0.25, 0.3) is 0 Å². The lowest BCUT2D eigenvalue weighted by atomic mass is 10.0. The van der Waals surface area contributed by atoms with Crippen LogP contribution in [-0.2, 0) is 11.2 Å². The second-order valence-corrected chi connectivity index (χ2v) is 7.96. The number of aryl methyl sites for hydroxylation is 1. The number of carbonyl (C=O) groups is 1. The molecule has 0 atom stereocenters. The van der Waals surface area contributed by atoms with Crippen LogP contribution in [0.1, 0.15) is 49.6 Å². The lowest BCUT2D eigenvalue weighted by Gasteiger charge is -2.08. The standard InChI is InChI=1S/C24H24N6O2/c31-22(13-14-23-27-24(29-32-23)19-12-6-7-15-25-19)26-21-16-20(17-8-4-5-9-17)28-30(21)18-10-2-1-3-11-18/h1-3,6-7,10-12,15-17H,4-5,8-9,13-14H2,(H,26,31). The molecule has 4 aromatic rings. The van der Waals surface area contributed by atoms with E-state index in [0.717, 1.165) is 24.2 Å². The van der Waals surface area contributed by atoms with Gasteiger partial charge in [0.05, 0.1) is 11.4 Å². The first-order valence-electron chi connectivity index (χ1n) is 11.0. The van der Waals surface area contributed by atoms with Gasteiger partial charge in [0, 0.05) is 31.0 Å². The van der Waals surface area contributed by atoms with Crippen LogP contribution in [0.2, 0.25) is 0 Å². The van der Waals surface area contributed by atoms with Gasteiger partial charge in [-0.25, -0.2) is 4.68 Å². The highest BCUT2D eigenvalue weighted by atomic mass is 16.5. The second kappa shape index (κ2) is 9.13. The van der Waals surface area contributed by atoms with Crippen molar-refractivity contribution >= 4 is 11.7 Å². The number of hydrogen-bond donors (Lipinski definition) is 1. The Balaban J connectivity index is 1.28. The average molecular weight is 428 g/mol. The van der Waals surface area contributed by atoms with Gasteiger partial charge in [0.15, 0.2) is 0 Å². The topological polar surface area (TPSA) is 98.7 Å². The number of carbonyl (C=O) groups excluding carboxylic acids is 1. The molecule has 32 heavy (non-hydrogen) atoms. The van der Waals surface area contributed by atoms with E-state index in [2.05, 4.69) is 20.4 Å². The van der Waals surface area contributed by atoms with E-state index in [1.165, 1.54) is 12.8 Å². The van der Waals surface area contributed by atoms with Crippen molar-refractivity contribution in [3.63, 3.8) is 0 Å². The monoisotopic (exact) mass is 428 g/mol. The highest BCUT2D eigenvalue weighted by Crippen LogP contribution is 2.35. The van der Waals surface area contributed by atoms with Crippen molar-refractivity contribution in [1.29, 1.82) is 0 Å². The summed E-state index contributed by atoms with van der Waals surface area (Å²) in [6, 6.07) is 17.4. The largest absolute Gasteiger partial charge is 0.339 e. The number of pyridine rings is 1. The molecule has 3 aromatic heterocycles. The van der Waals surface area contributed by atoms with E-state index in [1.807, 2.05) is 59.3 Å². The van der Waals surface area contributed by atoms with Crippen molar-refractivity contribution in [3.8, 4) is 17.2 Å². The quantitative estimate of drug-likeness (QED) is 0.464. The molecule has 5 rings (SSSR count). The van der Waals surface area contributed by atoms with E-state index in [4.69, 9.17) is 9.62 Å². The van der Waals surface area contributed by atoms with E-state index in [1.54, 1.807) is 6.20 Å². The number of nitrogens with one attached hydrogen (secondary N) is 1. The van der Waals surface area contributed by atoms with Crippen molar-refractivity contribution in [2.75, 3.05) is 5.32 Å². The van der Waals surface area contributed by atoms with Crippen LogP contribution in [0.5, 0.6) is 0 Å². The van der Waals surface area contributed by atoms with Crippen molar-refractivity contribution in [3.05, 3.63) is 72.4 Å². The zero-order valence-electron chi connectivity index (χ0n) is 17.6. The number of aromatic nitrogens is 5. The third-order valence-corrected chi connectivity index (χ3v) is 5.70. The van der Waals surface area contributed by atoms with E-state index < -0.39 is 0 Å². The van der Waals surface area contributed by atoms with Crippen molar-refractivity contribution < 1.29 is 9.32 Å². The van der Waals surface area contributed by atoms with Crippen LogP contribution in [0.15, 0.2) is 65.3 Å². The Kier molecular flexibility index (Phi) is 5.74. The smallest absolute Gasteiger partial charge is 0.227 e. The van der Waals surface area contributed by atoms with Crippen LogP contribution in [0.3, 0.4) is 0 Å². The summed E-state index contributed by atoms with van der Waals surface area (Å²) in [6.45, 7) is 0. The lowest BCUT2D eigenvalue weighted by Crippen LogP contribution is -2.15. The van der Waals surface area contributed by atoms with E-state index in [9.17, 15) is 4.79 Å². The Labute approximate surface area is 185 Å². The molecule has 1 N–H and O–H groups in total. The third kappa shape index (κ3) is 4.44. The molecule has 3 heterocycles. The molecular weight excluding hydrogens is 404 g/mol. The number of benzene rings is 1. The molecule has 0 radical (unpaired) electrons. The number of rotatable bonds is 7. The van der Waals surface area contributed by atoms with Gasteiger partial charge in [-0.05, 0) is 37.1 Å². The summed E-state index contributed by atoms with van der Waals surface area (Å²) in [4.78, 5) is 21.3. The van der Waals surface area contributed by atoms with E-state index >= 15 is 0 Å². The fourth-order valence-electron chi connectivity index (χ4n) is 4.06. The number of amides is 1. The number of para-hydroxylation sites is 1. The molecule has 8 nitrogen and oxygen atoms in total. The number of anilines is 1. The molecule has 162 valence electrons. The Hall–Kier alpha value is -3.81. The van der Waals surface area contributed by atoms with Gasteiger partial charge in [0.1, 0.15) is 11.5 Å². The first-order valence-corrected chi connectivity index (χ1v) is 11.0. The molecule has 1 saturated carbocycles. The summed E-state index contributed by atoms with van der Waals surface area (Å²) in [5.74, 6) is 1.84. The average Bonchev–Trinajstić information content (AvgIpc) is 3.60. The normalized spacial score (nSPS) is 14.0. The molecule has 8 heteroatoms. The highest BCUT2D eigenvalue weighted by molar-refractivity contribution is 5.90. The lowest BCUT2D eigenvalue weighted by molar-refractivity contribution is -0.116. The summed E-state index contributed by atoms with van der Waals surface area (Å²) in [6.07, 6.45) is 7.01. The van der Waals surface area contributed by atoms with Crippen LogP contribution < -0.4 is 5.32 Å². The van der Waals surface area contributed by atoms with Crippen LogP contribution in [0.25, 0.3) is 17.2 Å². The highest BCUT2D eigenvalue weighted by Gasteiger charge is 2.22. The summed E-state index contributed by atoms with van der Waals surface area (Å²) in [7, 11) is 0. The summed E-state index contributed by atoms with van der Waals surface area (Å²) in [5.41, 5.74) is 2.60. The van der Waals surface area contributed by atoms with E-state index in [-0.39, 0.29) is 12.3 Å². The molecule has 0 bridgehead atoms. The maximum atomic E-state index is 12.7. The predicted octanol–water partition coefficient (Wildman–Crippen LogP) is 4.55. The minimum absolute atomic E-state index is 0.127. The number of hydrogen-bond acceptors (Lipinski definition) is 6. The zero-order chi connectivity index (χ0) is 21.8. The Bertz CT molecular complexity index is 1180. The SMILES string of the molecule is O=C(CCc1nc(-c2ccccn2)no1)Nc1cc(C2CCCC2)nn1-c1ccccc1. The van der Waals surface area contributed by atoms with Crippen molar-refractivity contribution in [2.24, 2.45) is 0 Å². The Morgan fingerprint density at radius 3 is 2.69 bits per heavy atom. The molecular formula is C24H24N6O2. The zero-order valence-corrected chi connectivity index (χ0v) is 17.6. The van der Waals surface area contributed by atoms with Gasteiger partial charge < -0.3 is 9.84 Å². The molecule has 1 aliphatic carbocycles. The Morgan fingerprint density at radius 2 is 1.91 bits per heavy atom. The molecule has 0 aliphatic heterocycles. The Morgan fingerprint density at radius 1 is 1.09 bits per heavy atom. The van der Waals surface area contributed by atoms with Gasteiger partial charge >= 0.3 is 0 Å². The van der Waals surface area contributed by atoms with Gasteiger partial charge in [-0.2, -0.15) is 10.1 Å². The van der Waals surface area contributed by atoms with Crippen LogP contribution in [-0.4, -0.2) is 30.8 Å². The molecule has 0 saturated heterocycles. The fraction of sp³-hybridized carbons (Fsp3) is 0.292. The van der Waals surface area contributed by atoms with Gasteiger partial charge in [-0.15, -0.1) is 0 Å². The molecule has 0 spiro atoms. The molecule has 1 fully saturated rings. The van der Waals surface area contributed by atoms with Crippen molar-refractivity contribution in [2.45, 2.75) is 44.4 Å².